The minimum atomic E-state index is 0.591. The summed E-state index contributed by atoms with van der Waals surface area (Å²) in [5.74, 6) is 0. The molecule has 1 fully saturated rings. The van der Waals surface area contributed by atoms with Gasteiger partial charge < -0.3 is 4.90 Å². The van der Waals surface area contributed by atoms with Crippen LogP contribution in [0.1, 0.15) is 24.4 Å². The van der Waals surface area contributed by atoms with Crippen LogP contribution < -0.4 is 0 Å². The Morgan fingerprint density at radius 1 is 1.50 bits per heavy atom. The Balaban J connectivity index is 1.98. The van der Waals surface area contributed by atoms with Crippen molar-refractivity contribution < 1.29 is 0 Å². The summed E-state index contributed by atoms with van der Waals surface area (Å²) in [5, 5.41) is 0. The lowest BCUT2D eigenvalue weighted by atomic mass is 10.1. The highest BCUT2D eigenvalue weighted by Crippen LogP contribution is 2.30. The van der Waals surface area contributed by atoms with Crippen LogP contribution in [-0.4, -0.2) is 48.5 Å². The zero-order valence-electron chi connectivity index (χ0n) is 10.3. The fourth-order valence-electron chi connectivity index (χ4n) is 2.37. The lowest BCUT2D eigenvalue weighted by molar-refractivity contribution is 0.227. The average molecular weight is 219 g/mol. The van der Waals surface area contributed by atoms with Crippen LogP contribution in [0.2, 0.25) is 0 Å². The molecule has 0 spiro atoms. The van der Waals surface area contributed by atoms with Gasteiger partial charge in [-0.15, -0.1) is 0 Å². The highest BCUT2D eigenvalue weighted by atomic mass is 15.2. The van der Waals surface area contributed by atoms with E-state index in [1.807, 2.05) is 18.5 Å². The minimum absolute atomic E-state index is 0.591. The molecule has 0 unspecified atom stereocenters. The van der Waals surface area contributed by atoms with Crippen LogP contribution in [0.5, 0.6) is 0 Å². The van der Waals surface area contributed by atoms with Crippen LogP contribution in [0.4, 0.5) is 0 Å². The Labute approximate surface area is 98.1 Å². The van der Waals surface area contributed by atoms with Crippen LogP contribution in [-0.2, 0) is 0 Å². The summed E-state index contributed by atoms with van der Waals surface area (Å²) in [6.45, 7) is 3.52. The monoisotopic (exact) mass is 219 g/mol. The molecule has 1 aromatic heterocycles. The number of nitrogens with zero attached hydrogens (tertiary/aromatic N) is 3. The van der Waals surface area contributed by atoms with Crippen LogP contribution in [0.25, 0.3) is 0 Å². The summed E-state index contributed by atoms with van der Waals surface area (Å²) in [6, 6.07) is 4.83. The van der Waals surface area contributed by atoms with Crippen LogP contribution in [0, 0.1) is 0 Å². The van der Waals surface area contributed by atoms with Crippen molar-refractivity contribution in [3.8, 4) is 0 Å². The van der Waals surface area contributed by atoms with Gasteiger partial charge in [0.05, 0.1) is 0 Å². The molecule has 1 saturated heterocycles. The zero-order chi connectivity index (χ0) is 11.4. The number of hydrogen-bond donors (Lipinski definition) is 0. The maximum Gasteiger partial charge on any atom is 0.0364 e. The van der Waals surface area contributed by atoms with E-state index in [0.717, 1.165) is 13.1 Å². The van der Waals surface area contributed by atoms with Crippen LogP contribution in [0.15, 0.2) is 24.5 Å². The van der Waals surface area contributed by atoms with Gasteiger partial charge in [0.25, 0.3) is 0 Å². The van der Waals surface area contributed by atoms with E-state index < -0.39 is 0 Å². The molecule has 3 nitrogen and oxygen atoms in total. The summed E-state index contributed by atoms with van der Waals surface area (Å²) in [6.07, 6.45) is 6.45. The van der Waals surface area contributed by atoms with Crippen molar-refractivity contribution in [1.82, 2.24) is 14.8 Å². The molecule has 1 aliphatic rings. The normalized spacial score (nSPS) is 21.8. The molecule has 0 N–H and O–H groups in total. The van der Waals surface area contributed by atoms with E-state index in [4.69, 9.17) is 0 Å². The molecular weight excluding hydrogens is 198 g/mol. The van der Waals surface area contributed by atoms with Crippen molar-refractivity contribution in [2.24, 2.45) is 0 Å². The van der Waals surface area contributed by atoms with Crippen molar-refractivity contribution in [3.63, 3.8) is 0 Å². The SMILES string of the molecule is CN(C)CCN1CCC[C@H]1c1cccnc1. The molecule has 16 heavy (non-hydrogen) atoms. The van der Waals surface area contributed by atoms with Crippen molar-refractivity contribution >= 4 is 0 Å². The van der Waals surface area contributed by atoms with Gasteiger partial charge >= 0.3 is 0 Å². The molecule has 88 valence electrons. The number of aromatic nitrogens is 1. The summed E-state index contributed by atoms with van der Waals surface area (Å²) >= 11 is 0. The molecule has 0 bridgehead atoms. The van der Waals surface area contributed by atoms with E-state index in [2.05, 4.69) is 34.9 Å². The first-order valence-electron chi connectivity index (χ1n) is 6.06. The smallest absolute Gasteiger partial charge is 0.0364 e. The molecule has 0 saturated carbocycles. The van der Waals surface area contributed by atoms with Crippen LogP contribution >= 0.6 is 0 Å². The van der Waals surface area contributed by atoms with Gasteiger partial charge in [-0.1, -0.05) is 6.07 Å². The van der Waals surface area contributed by atoms with E-state index in [9.17, 15) is 0 Å². The predicted octanol–water partition coefficient (Wildman–Crippen LogP) is 1.78. The maximum absolute atomic E-state index is 4.22. The Hall–Kier alpha value is -0.930. The summed E-state index contributed by atoms with van der Waals surface area (Å²) < 4.78 is 0. The molecule has 0 radical (unpaired) electrons. The van der Waals surface area contributed by atoms with Gasteiger partial charge in [0.15, 0.2) is 0 Å². The van der Waals surface area contributed by atoms with Gasteiger partial charge in [-0.25, -0.2) is 0 Å². The molecule has 1 aromatic rings. The largest absolute Gasteiger partial charge is 0.308 e. The number of hydrogen-bond acceptors (Lipinski definition) is 3. The predicted molar refractivity (Wildman–Crippen MR) is 66.3 cm³/mol. The second-order valence-electron chi connectivity index (χ2n) is 4.78. The van der Waals surface area contributed by atoms with Crippen LogP contribution in [0.3, 0.4) is 0 Å². The number of rotatable bonds is 4. The molecular formula is C13H21N3. The quantitative estimate of drug-likeness (QED) is 0.769. The summed E-state index contributed by atoms with van der Waals surface area (Å²) in [5.41, 5.74) is 1.37. The summed E-state index contributed by atoms with van der Waals surface area (Å²) in [7, 11) is 4.27. The molecule has 1 atom stereocenters. The lowest BCUT2D eigenvalue weighted by Crippen LogP contribution is -2.31. The van der Waals surface area contributed by atoms with Gasteiger partial charge in [0.1, 0.15) is 0 Å². The second kappa shape index (κ2) is 5.41. The molecule has 0 amide bonds. The Morgan fingerprint density at radius 2 is 2.38 bits per heavy atom. The zero-order valence-corrected chi connectivity index (χ0v) is 10.3. The van der Waals surface area contributed by atoms with Gasteiger partial charge in [-0.05, 0) is 45.1 Å². The Bertz CT molecular complexity index is 310. The molecule has 0 aliphatic carbocycles. The highest BCUT2D eigenvalue weighted by molar-refractivity contribution is 5.15. The van der Waals surface area contributed by atoms with Crippen molar-refractivity contribution in [3.05, 3.63) is 30.1 Å². The second-order valence-corrected chi connectivity index (χ2v) is 4.78. The fourth-order valence-corrected chi connectivity index (χ4v) is 2.37. The van der Waals surface area contributed by atoms with E-state index in [1.165, 1.54) is 24.9 Å². The van der Waals surface area contributed by atoms with Crippen molar-refractivity contribution in [1.29, 1.82) is 0 Å². The molecule has 1 aliphatic heterocycles. The Morgan fingerprint density at radius 3 is 3.06 bits per heavy atom. The summed E-state index contributed by atoms with van der Waals surface area (Å²) in [4.78, 5) is 9.05. The number of likely N-dealkylation sites (N-methyl/N-ethyl adjacent to an activating group) is 1. The van der Waals surface area contributed by atoms with Crippen molar-refractivity contribution in [2.75, 3.05) is 33.7 Å². The Kier molecular flexibility index (Phi) is 3.91. The van der Waals surface area contributed by atoms with E-state index in [-0.39, 0.29) is 0 Å². The van der Waals surface area contributed by atoms with Gasteiger partial charge in [-0.2, -0.15) is 0 Å². The minimum Gasteiger partial charge on any atom is -0.308 e. The maximum atomic E-state index is 4.22. The molecule has 0 aromatic carbocycles. The van der Waals surface area contributed by atoms with Gasteiger partial charge in [0, 0.05) is 31.5 Å². The first-order valence-corrected chi connectivity index (χ1v) is 6.06. The molecule has 2 rings (SSSR count). The lowest BCUT2D eigenvalue weighted by Gasteiger charge is -2.25. The third-order valence-corrected chi connectivity index (χ3v) is 3.27. The first kappa shape index (κ1) is 11.6. The van der Waals surface area contributed by atoms with Gasteiger partial charge in [-0.3, -0.25) is 9.88 Å². The fraction of sp³-hybridized carbons (Fsp3) is 0.615. The van der Waals surface area contributed by atoms with E-state index >= 15 is 0 Å². The van der Waals surface area contributed by atoms with E-state index in [0.29, 0.717) is 6.04 Å². The average Bonchev–Trinajstić information content (AvgIpc) is 2.75. The van der Waals surface area contributed by atoms with E-state index in [1.54, 1.807) is 0 Å². The number of likely N-dealkylation sites (tertiary alicyclic amines) is 1. The van der Waals surface area contributed by atoms with Gasteiger partial charge in [0.2, 0.25) is 0 Å². The van der Waals surface area contributed by atoms with Crippen molar-refractivity contribution in [2.45, 2.75) is 18.9 Å². The third kappa shape index (κ3) is 2.80. The topological polar surface area (TPSA) is 19.4 Å². The molecule has 2 heterocycles. The highest BCUT2D eigenvalue weighted by Gasteiger charge is 2.25. The first-order chi connectivity index (χ1) is 7.77. The number of pyridine rings is 1. The molecule has 3 heteroatoms. The standard InChI is InChI=1S/C13H21N3/c1-15(2)9-10-16-8-4-6-13(16)12-5-3-7-14-11-12/h3,5,7,11,13H,4,6,8-10H2,1-2H3/t13-/m0/s1. The third-order valence-electron chi connectivity index (χ3n) is 3.27.